The van der Waals surface area contributed by atoms with E-state index in [4.69, 9.17) is 15.2 Å². The molecule has 4 rings (SSSR count). The fourth-order valence-electron chi connectivity index (χ4n) is 4.05. The van der Waals surface area contributed by atoms with E-state index in [9.17, 15) is 0 Å². The molecule has 0 radical (unpaired) electrons. The van der Waals surface area contributed by atoms with Crippen molar-refractivity contribution >= 4 is 17.1 Å². The van der Waals surface area contributed by atoms with Gasteiger partial charge in [-0.05, 0) is 66.5 Å². The third kappa shape index (κ3) is 5.44. The Kier molecular flexibility index (Phi) is 7.31. The Hall–Kier alpha value is -4.32. The zero-order valence-corrected chi connectivity index (χ0v) is 20.3. The van der Waals surface area contributed by atoms with E-state index in [0.717, 1.165) is 24.2 Å². The maximum absolute atomic E-state index is 5.98. The summed E-state index contributed by atoms with van der Waals surface area (Å²) in [5.41, 5.74) is 12.2. The first kappa shape index (κ1) is 23.8. The summed E-state index contributed by atoms with van der Waals surface area (Å²) >= 11 is 0. The van der Waals surface area contributed by atoms with Crippen LogP contribution in [-0.2, 0) is 4.74 Å². The van der Waals surface area contributed by atoms with Gasteiger partial charge in [0.05, 0.1) is 22.8 Å². The highest BCUT2D eigenvalue weighted by molar-refractivity contribution is 5.75. The first-order valence-electron chi connectivity index (χ1n) is 11.6. The molecule has 6 nitrogen and oxygen atoms in total. The predicted octanol–water partition coefficient (Wildman–Crippen LogP) is 5.75. The van der Waals surface area contributed by atoms with E-state index in [1.807, 2.05) is 50.5 Å². The molecular formula is C29H32N4O2. The zero-order valence-electron chi connectivity index (χ0n) is 20.3. The quantitative estimate of drug-likeness (QED) is 0.459. The average molecular weight is 469 g/mol. The van der Waals surface area contributed by atoms with Crippen LogP contribution in [-0.4, -0.2) is 25.3 Å². The second-order valence-corrected chi connectivity index (χ2v) is 8.43. The molecule has 180 valence electrons. The monoisotopic (exact) mass is 468 g/mol. The maximum atomic E-state index is 5.98. The maximum Gasteiger partial charge on any atom is 0.198 e. The second kappa shape index (κ2) is 10.7. The lowest BCUT2D eigenvalue weighted by Crippen LogP contribution is -2.07. The predicted molar refractivity (Wildman–Crippen MR) is 145 cm³/mol. The van der Waals surface area contributed by atoms with Gasteiger partial charge in [0, 0.05) is 26.5 Å². The Balaban J connectivity index is 1.58. The number of nitrogen functional groups attached to an aromatic ring is 1. The molecule has 0 saturated heterocycles. The van der Waals surface area contributed by atoms with Gasteiger partial charge in [-0.1, -0.05) is 37.4 Å². The van der Waals surface area contributed by atoms with Crippen LogP contribution < -0.4 is 20.7 Å². The number of allylic oxidation sites excluding steroid dienone is 8. The van der Waals surface area contributed by atoms with Gasteiger partial charge in [-0.3, -0.25) is 0 Å². The van der Waals surface area contributed by atoms with E-state index >= 15 is 0 Å². The van der Waals surface area contributed by atoms with Crippen molar-refractivity contribution in [3.63, 3.8) is 0 Å². The minimum atomic E-state index is 0.445. The molecule has 0 atom stereocenters. The van der Waals surface area contributed by atoms with Crippen LogP contribution in [0.1, 0.15) is 12.8 Å². The summed E-state index contributed by atoms with van der Waals surface area (Å²) in [6.45, 7) is 8.06. The molecule has 3 N–H and O–H groups in total. The summed E-state index contributed by atoms with van der Waals surface area (Å²) in [5.74, 6) is 2.03. The summed E-state index contributed by atoms with van der Waals surface area (Å²) in [6, 6.07) is 9.65. The molecular weight excluding hydrogens is 436 g/mol. The summed E-state index contributed by atoms with van der Waals surface area (Å²) in [6.07, 6.45) is 17.8. The first-order valence-corrected chi connectivity index (χ1v) is 11.6. The fourth-order valence-corrected chi connectivity index (χ4v) is 4.05. The van der Waals surface area contributed by atoms with Crippen LogP contribution in [0.5, 0.6) is 5.75 Å². The van der Waals surface area contributed by atoms with Gasteiger partial charge in [0.1, 0.15) is 12.4 Å². The number of para-hydroxylation sites is 2. The van der Waals surface area contributed by atoms with Crippen molar-refractivity contribution in [2.24, 2.45) is 0 Å². The van der Waals surface area contributed by atoms with Gasteiger partial charge in [-0.2, -0.15) is 0 Å². The van der Waals surface area contributed by atoms with E-state index in [0.29, 0.717) is 29.7 Å². The normalized spacial score (nSPS) is 17.9. The number of hydrogen-bond acceptors (Lipinski definition) is 5. The van der Waals surface area contributed by atoms with Crippen LogP contribution in [0.3, 0.4) is 0 Å². The van der Waals surface area contributed by atoms with Crippen molar-refractivity contribution in [1.82, 2.24) is 9.88 Å². The number of rotatable bonds is 9. The van der Waals surface area contributed by atoms with Crippen molar-refractivity contribution in [3.05, 3.63) is 121 Å². The number of nitrogens with one attached hydrogen (secondary N) is 1. The van der Waals surface area contributed by atoms with E-state index in [1.165, 1.54) is 16.8 Å². The van der Waals surface area contributed by atoms with Gasteiger partial charge in [0.2, 0.25) is 0 Å². The van der Waals surface area contributed by atoms with Crippen LogP contribution in [0, 0.1) is 0 Å². The molecule has 0 saturated carbocycles. The summed E-state index contributed by atoms with van der Waals surface area (Å²) in [4.78, 5) is 2.10. The van der Waals surface area contributed by atoms with Crippen LogP contribution >= 0.6 is 0 Å². The topological polar surface area (TPSA) is 64.7 Å². The highest BCUT2D eigenvalue weighted by Gasteiger charge is 2.21. The molecule has 1 aromatic carbocycles. The molecule has 0 amide bonds. The zero-order chi connectivity index (χ0) is 24.8. The molecule has 2 aromatic rings. The molecule has 1 aliphatic carbocycles. The van der Waals surface area contributed by atoms with Gasteiger partial charge in [-0.25, -0.2) is 0 Å². The largest absolute Gasteiger partial charge is 0.487 e. The average Bonchev–Trinajstić information content (AvgIpc) is 3.59. The Labute approximate surface area is 207 Å². The molecule has 0 fully saturated rings. The SMILES string of the molecule is C=CC1=C(C=C)O/C(=C\C=C2/CCC(/C=C/COc3ccccc3N)=C2n2ccc(N(C)C)c2)N1. The number of nitrogens with zero attached hydrogens (tertiary/aromatic N) is 2. The Morgan fingerprint density at radius 3 is 2.66 bits per heavy atom. The van der Waals surface area contributed by atoms with Crippen LogP contribution in [0.4, 0.5) is 11.4 Å². The highest BCUT2D eigenvalue weighted by atomic mass is 16.5. The molecule has 1 aromatic heterocycles. The van der Waals surface area contributed by atoms with Gasteiger partial charge < -0.3 is 30.0 Å². The summed E-state index contributed by atoms with van der Waals surface area (Å²) in [5, 5.41) is 3.23. The molecule has 2 heterocycles. The molecule has 2 aliphatic rings. The number of benzene rings is 1. The number of nitrogens with two attached hydrogens (primary N) is 1. The molecule has 0 bridgehead atoms. The Morgan fingerprint density at radius 2 is 1.97 bits per heavy atom. The second-order valence-electron chi connectivity index (χ2n) is 8.43. The smallest absolute Gasteiger partial charge is 0.198 e. The number of anilines is 2. The minimum Gasteiger partial charge on any atom is -0.487 e. The number of hydrogen-bond donors (Lipinski definition) is 2. The first-order chi connectivity index (χ1) is 17.0. The third-order valence-electron chi connectivity index (χ3n) is 5.87. The minimum absolute atomic E-state index is 0.445. The third-order valence-corrected chi connectivity index (χ3v) is 5.87. The molecule has 0 unspecified atom stereocenters. The van der Waals surface area contributed by atoms with Crippen molar-refractivity contribution in [1.29, 1.82) is 0 Å². The lowest BCUT2D eigenvalue weighted by atomic mass is 10.2. The molecule has 0 spiro atoms. The van der Waals surface area contributed by atoms with Gasteiger partial charge in [0.25, 0.3) is 0 Å². The summed E-state index contributed by atoms with van der Waals surface area (Å²) in [7, 11) is 4.09. The standard InChI is InChI=1S/C29H32N4O2/c1-5-25-26(6-2)35-28(31-25)16-15-22-14-13-21(29(22)33-18-17-23(20-33)32(3)4)10-9-19-34-27-12-8-7-11-24(27)30/h5-12,15-18,20,31H,1-2,13-14,19,30H2,3-4H3/b10-9+,22-15+,28-16-. The van der Waals surface area contributed by atoms with Crippen molar-refractivity contribution in [2.45, 2.75) is 12.8 Å². The van der Waals surface area contributed by atoms with E-state index in [-0.39, 0.29) is 0 Å². The van der Waals surface area contributed by atoms with E-state index < -0.39 is 0 Å². The number of aromatic nitrogens is 1. The molecule has 1 aliphatic heterocycles. The highest BCUT2D eigenvalue weighted by Crippen LogP contribution is 2.37. The lowest BCUT2D eigenvalue weighted by Gasteiger charge is -2.11. The molecule has 35 heavy (non-hydrogen) atoms. The Bertz CT molecular complexity index is 1250. The number of ether oxygens (including phenoxy) is 2. The van der Waals surface area contributed by atoms with E-state index in [2.05, 4.69) is 58.6 Å². The van der Waals surface area contributed by atoms with Gasteiger partial charge in [-0.15, -0.1) is 0 Å². The fraction of sp³-hybridized carbons (Fsp3) is 0.172. The van der Waals surface area contributed by atoms with Gasteiger partial charge in [0.15, 0.2) is 11.6 Å². The summed E-state index contributed by atoms with van der Waals surface area (Å²) < 4.78 is 13.9. The van der Waals surface area contributed by atoms with Crippen LogP contribution in [0.15, 0.2) is 121 Å². The van der Waals surface area contributed by atoms with Crippen LogP contribution in [0.25, 0.3) is 5.70 Å². The molecule has 6 heteroatoms. The van der Waals surface area contributed by atoms with Crippen molar-refractivity contribution in [2.75, 3.05) is 31.3 Å². The van der Waals surface area contributed by atoms with Crippen molar-refractivity contribution in [3.8, 4) is 5.75 Å². The Morgan fingerprint density at radius 1 is 1.14 bits per heavy atom. The van der Waals surface area contributed by atoms with Gasteiger partial charge >= 0.3 is 0 Å². The van der Waals surface area contributed by atoms with Crippen LogP contribution in [0.2, 0.25) is 0 Å². The van der Waals surface area contributed by atoms with E-state index in [1.54, 1.807) is 12.2 Å². The van der Waals surface area contributed by atoms with Crippen molar-refractivity contribution < 1.29 is 9.47 Å². The lowest BCUT2D eigenvalue weighted by molar-refractivity contribution is 0.329.